The smallest absolute Gasteiger partial charge is 0.306 e. The van der Waals surface area contributed by atoms with Gasteiger partial charge >= 0.3 is 5.97 Å². The van der Waals surface area contributed by atoms with Gasteiger partial charge in [-0.25, -0.2) is 4.98 Å². The number of ether oxygens (including phenoxy) is 2. The van der Waals surface area contributed by atoms with Crippen molar-refractivity contribution < 1.29 is 24.2 Å². The van der Waals surface area contributed by atoms with Crippen LogP contribution < -0.4 is 9.47 Å². The lowest BCUT2D eigenvalue weighted by atomic mass is 9.97. The molecule has 2 aliphatic heterocycles. The minimum atomic E-state index is -0.786. The van der Waals surface area contributed by atoms with E-state index in [4.69, 9.17) is 14.6 Å². The summed E-state index contributed by atoms with van der Waals surface area (Å²) in [5.74, 6) is 0.116. The van der Waals surface area contributed by atoms with Gasteiger partial charge in [-0.2, -0.15) is 0 Å². The van der Waals surface area contributed by atoms with Gasteiger partial charge in [0.25, 0.3) is 5.91 Å². The molecule has 26 heavy (non-hydrogen) atoms. The maximum atomic E-state index is 12.6. The van der Waals surface area contributed by atoms with Crippen LogP contribution >= 0.6 is 11.3 Å². The summed E-state index contributed by atoms with van der Waals surface area (Å²) in [5.41, 5.74) is 1.27. The maximum Gasteiger partial charge on any atom is 0.306 e. The summed E-state index contributed by atoms with van der Waals surface area (Å²) in [6, 6.07) is 5.63. The van der Waals surface area contributed by atoms with Gasteiger partial charge in [-0.05, 0) is 31.0 Å². The first kappa shape index (κ1) is 16.8. The van der Waals surface area contributed by atoms with Crippen LogP contribution in [0.15, 0.2) is 23.6 Å². The topological polar surface area (TPSA) is 89.0 Å². The fraction of sp³-hybridized carbons (Fsp3) is 0.389. The van der Waals surface area contributed by atoms with E-state index >= 15 is 0 Å². The zero-order valence-corrected chi connectivity index (χ0v) is 14.8. The number of carbonyl (C=O) groups is 2. The highest BCUT2D eigenvalue weighted by molar-refractivity contribution is 7.13. The van der Waals surface area contributed by atoms with Crippen LogP contribution in [0, 0.1) is 5.92 Å². The highest BCUT2D eigenvalue weighted by atomic mass is 32.1. The summed E-state index contributed by atoms with van der Waals surface area (Å²) in [5, 5.41) is 11.5. The molecule has 0 spiro atoms. The molecular weight excluding hydrogens is 356 g/mol. The molecule has 0 bridgehead atoms. The van der Waals surface area contributed by atoms with E-state index in [2.05, 4.69) is 4.98 Å². The number of rotatable bonds is 3. The van der Waals surface area contributed by atoms with Crippen molar-refractivity contribution >= 4 is 23.2 Å². The molecule has 2 aliphatic rings. The molecule has 1 N–H and O–H groups in total. The molecule has 136 valence electrons. The molecule has 1 amide bonds. The van der Waals surface area contributed by atoms with Gasteiger partial charge in [0.2, 0.25) is 0 Å². The van der Waals surface area contributed by atoms with E-state index in [0.29, 0.717) is 56.3 Å². The number of hydrogen-bond donors (Lipinski definition) is 1. The van der Waals surface area contributed by atoms with Crippen LogP contribution in [0.1, 0.15) is 23.3 Å². The number of carboxylic acid groups (broad SMARTS) is 1. The SMILES string of the molecule is O=C(O)C1CCN(C(=O)c2csc(-c3ccc4c(c3)OCCO4)n2)CC1. The molecule has 1 fully saturated rings. The second-order valence-electron chi connectivity index (χ2n) is 6.30. The second kappa shape index (κ2) is 6.95. The zero-order valence-electron chi connectivity index (χ0n) is 14.0. The Labute approximate surface area is 154 Å². The van der Waals surface area contributed by atoms with E-state index in [-0.39, 0.29) is 11.8 Å². The maximum absolute atomic E-state index is 12.6. The van der Waals surface area contributed by atoms with Crippen LogP contribution in [0.3, 0.4) is 0 Å². The van der Waals surface area contributed by atoms with Crippen molar-refractivity contribution in [2.45, 2.75) is 12.8 Å². The Bertz CT molecular complexity index is 842. The largest absolute Gasteiger partial charge is 0.486 e. The Hall–Kier alpha value is -2.61. The number of carboxylic acids is 1. The van der Waals surface area contributed by atoms with Gasteiger partial charge in [-0.3, -0.25) is 9.59 Å². The number of hydrogen-bond acceptors (Lipinski definition) is 6. The summed E-state index contributed by atoms with van der Waals surface area (Å²) < 4.78 is 11.1. The summed E-state index contributed by atoms with van der Waals surface area (Å²) in [6.07, 6.45) is 0.973. The molecule has 0 unspecified atom stereocenters. The van der Waals surface area contributed by atoms with Gasteiger partial charge in [0, 0.05) is 24.0 Å². The van der Waals surface area contributed by atoms with Crippen molar-refractivity contribution in [3.63, 3.8) is 0 Å². The number of piperidine rings is 1. The van der Waals surface area contributed by atoms with Crippen molar-refractivity contribution in [1.82, 2.24) is 9.88 Å². The number of carbonyl (C=O) groups excluding carboxylic acids is 1. The number of aromatic nitrogens is 1. The van der Waals surface area contributed by atoms with Gasteiger partial charge in [-0.1, -0.05) is 0 Å². The van der Waals surface area contributed by atoms with E-state index in [1.807, 2.05) is 18.2 Å². The van der Waals surface area contributed by atoms with Crippen LogP contribution in [0.2, 0.25) is 0 Å². The summed E-state index contributed by atoms with van der Waals surface area (Å²) in [4.78, 5) is 29.8. The lowest BCUT2D eigenvalue weighted by Gasteiger charge is -2.29. The second-order valence-corrected chi connectivity index (χ2v) is 7.16. The third-order valence-corrected chi connectivity index (χ3v) is 5.54. The third kappa shape index (κ3) is 3.24. The van der Waals surface area contributed by atoms with Crippen molar-refractivity contribution in [3.8, 4) is 22.1 Å². The van der Waals surface area contributed by atoms with E-state index in [1.165, 1.54) is 11.3 Å². The molecule has 1 saturated heterocycles. The van der Waals surface area contributed by atoms with Gasteiger partial charge in [0.1, 0.15) is 23.9 Å². The lowest BCUT2D eigenvalue weighted by Crippen LogP contribution is -2.40. The Morgan fingerprint density at radius 3 is 2.62 bits per heavy atom. The minimum Gasteiger partial charge on any atom is -0.486 e. The molecule has 0 atom stereocenters. The third-order valence-electron chi connectivity index (χ3n) is 4.64. The first-order valence-corrected chi connectivity index (χ1v) is 9.37. The van der Waals surface area contributed by atoms with Gasteiger partial charge in [-0.15, -0.1) is 11.3 Å². The Morgan fingerprint density at radius 2 is 1.88 bits per heavy atom. The van der Waals surface area contributed by atoms with E-state index in [0.717, 1.165) is 10.6 Å². The van der Waals surface area contributed by atoms with Crippen molar-refractivity contribution in [3.05, 3.63) is 29.3 Å². The molecule has 1 aromatic heterocycles. The van der Waals surface area contributed by atoms with Crippen LogP contribution in [0.5, 0.6) is 11.5 Å². The van der Waals surface area contributed by atoms with Gasteiger partial charge in [0.15, 0.2) is 11.5 Å². The average Bonchev–Trinajstić information content (AvgIpc) is 3.17. The van der Waals surface area contributed by atoms with Crippen molar-refractivity contribution in [1.29, 1.82) is 0 Å². The molecule has 1 aromatic carbocycles. The first-order chi connectivity index (χ1) is 12.6. The monoisotopic (exact) mass is 374 g/mol. The Kier molecular flexibility index (Phi) is 4.50. The van der Waals surface area contributed by atoms with E-state index in [1.54, 1.807) is 10.3 Å². The van der Waals surface area contributed by atoms with E-state index < -0.39 is 5.97 Å². The molecule has 2 aromatic rings. The number of fused-ring (bicyclic) bond motifs is 1. The predicted molar refractivity (Wildman–Crippen MR) is 94.8 cm³/mol. The number of thiazole rings is 1. The fourth-order valence-electron chi connectivity index (χ4n) is 3.17. The number of benzene rings is 1. The van der Waals surface area contributed by atoms with Gasteiger partial charge in [0.05, 0.1) is 5.92 Å². The van der Waals surface area contributed by atoms with Crippen LogP contribution in [0.4, 0.5) is 0 Å². The number of likely N-dealkylation sites (tertiary alicyclic amines) is 1. The first-order valence-electron chi connectivity index (χ1n) is 8.49. The minimum absolute atomic E-state index is 0.145. The average molecular weight is 374 g/mol. The number of amides is 1. The highest BCUT2D eigenvalue weighted by Gasteiger charge is 2.28. The van der Waals surface area contributed by atoms with Gasteiger partial charge < -0.3 is 19.5 Å². The number of nitrogens with zero attached hydrogens (tertiary/aromatic N) is 2. The molecule has 0 radical (unpaired) electrons. The number of aliphatic carboxylic acids is 1. The molecule has 7 nitrogen and oxygen atoms in total. The van der Waals surface area contributed by atoms with Crippen LogP contribution in [-0.4, -0.2) is 53.2 Å². The zero-order chi connectivity index (χ0) is 18.1. The molecule has 3 heterocycles. The fourth-order valence-corrected chi connectivity index (χ4v) is 3.96. The van der Waals surface area contributed by atoms with Crippen molar-refractivity contribution in [2.75, 3.05) is 26.3 Å². The van der Waals surface area contributed by atoms with E-state index in [9.17, 15) is 9.59 Å². The molecular formula is C18H18N2O5S. The summed E-state index contributed by atoms with van der Waals surface area (Å²) in [6.45, 7) is 1.96. The van der Waals surface area contributed by atoms with Crippen LogP contribution in [-0.2, 0) is 4.79 Å². The van der Waals surface area contributed by atoms with Crippen molar-refractivity contribution in [2.24, 2.45) is 5.92 Å². The molecule has 8 heteroatoms. The molecule has 0 aliphatic carbocycles. The predicted octanol–water partition coefficient (Wildman–Crippen LogP) is 2.52. The molecule has 0 saturated carbocycles. The van der Waals surface area contributed by atoms with Crippen LogP contribution in [0.25, 0.3) is 10.6 Å². The Balaban J connectivity index is 1.48. The highest BCUT2D eigenvalue weighted by Crippen LogP contribution is 2.35. The Morgan fingerprint density at radius 1 is 1.15 bits per heavy atom. The quantitative estimate of drug-likeness (QED) is 0.888. The standard InChI is InChI=1S/C18H18N2O5S/c21-17(20-5-3-11(4-6-20)18(22)23)13-10-26-16(19-13)12-1-2-14-15(9-12)25-8-7-24-14/h1-2,9-11H,3-8H2,(H,22,23). The summed E-state index contributed by atoms with van der Waals surface area (Å²) >= 11 is 1.40. The normalized spacial score (nSPS) is 17.2. The molecule has 4 rings (SSSR count). The lowest BCUT2D eigenvalue weighted by molar-refractivity contribution is -0.143. The summed E-state index contributed by atoms with van der Waals surface area (Å²) in [7, 11) is 0.